The number of methoxy groups -OCH3 is 2. The summed E-state index contributed by atoms with van der Waals surface area (Å²) < 4.78 is 11.1. The van der Waals surface area contributed by atoms with Crippen LogP contribution in [0, 0.1) is 0 Å². The summed E-state index contributed by atoms with van der Waals surface area (Å²) in [6.45, 7) is 1.02. The number of amides is 2. The van der Waals surface area contributed by atoms with Gasteiger partial charge in [-0.2, -0.15) is 0 Å². The highest BCUT2D eigenvalue weighted by Crippen LogP contribution is 2.48. The van der Waals surface area contributed by atoms with Gasteiger partial charge in [-0.05, 0) is 65.4 Å². The minimum absolute atomic E-state index is 0.0451. The largest absolute Gasteiger partial charge is 0.493 e. The standard InChI is InChI=1S/C28H27ClN2O4/c1-34-23-15-18-12-14-31-26(22(18)16-24(23)35-2)25(20-5-3-4-6-21(20)28(31)33)27(32)30-13-11-17-7-9-19(29)10-8-17/h3-10,15-16,25-26H,11-14H2,1-2H3,(H,30,32)/t25-,26-/m0/s1. The SMILES string of the molecule is COc1cc2c(cc1OC)[C@H]1[C@@H](C(=O)NCCc3ccc(Cl)cc3)c3ccccc3C(=O)N1CC2. The van der Waals surface area contributed by atoms with Crippen LogP contribution in [0.15, 0.2) is 60.7 Å². The molecular formula is C28H27ClN2O4. The first-order chi connectivity index (χ1) is 17.0. The Hall–Kier alpha value is -3.51. The summed E-state index contributed by atoms with van der Waals surface area (Å²) in [6.07, 6.45) is 1.37. The van der Waals surface area contributed by atoms with Crippen molar-refractivity contribution in [3.05, 3.63) is 93.5 Å². The Morgan fingerprint density at radius 2 is 1.74 bits per heavy atom. The van der Waals surface area contributed by atoms with E-state index in [1.165, 1.54) is 0 Å². The Kier molecular flexibility index (Phi) is 6.39. The minimum Gasteiger partial charge on any atom is -0.493 e. The van der Waals surface area contributed by atoms with Crippen molar-refractivity contribution in [3.8, 4) is 11.5 Å². The molecule has 0 spiro atoms. The average Bonchev–Trinajstić information content (AvgIpc) is 2.89. The molecule has 0 saturated heterocycles. The normalized spacial score (nSPS) is 18.3. The van der Waals surface area contributed by atoms with E-state index in [-0.39, 0.29) is 11.8 Å². The van der Waals surface area contributed by atoms with Crippen LogP contribution in [0.1, 0.15) is 44.6 Å². The Morgan fingerprint density at radius 1 is 1.03 bits per heavy atom. The fourth-order valence-corrected chi connectivity index (χ4v) is 5.35. The van der Waals surface area contributed by atoms with Crippen molar-refractivity contribution in [3.63, 3.8) is 0 Å². The highest BCUT2D eigenvalue weighted by atomic mass is 35.5. The summed E-state index contributed by atoms with van der Waals surface area (Å²) in [5.41, 5.74) is 4.43. The van der Waals surface area contributed by atoms with Gasteiger partial charge in [-0.15, -0.1) is 0 Å². The third kappa shape index (κ3) is 4.23. The van der Waals surface area contributed by atoms with Gasteiger partial charge in [-0.1, -0.05) is 41.9 Å². The van der Waals surface area contributed by atoms with Crippen LogP contribution in [0.3, 0.4) is 0 Å². The lowest BCUT2D eigenvalue weighted by Crippen LogP contribution is -2.50. The number of rotatable bonds is 6. The number of carbonyl (C=O) groups excluding carboxylic acids is 2. The number of nitrogens with zero attached hydrogens (tertiary/aromatic N) is 1. The van der Waals surface area contributed by atoms with Crippen molar-refractivity contribution in [1.29, 1.82) is 0 Å². The van der Waals surface area contributed by atoms with Crippen LogP contribution in [0.25, 0.3) is 0 Å². The van der Waals surface area contributed by atoms with Gasteiger partial charge >= 0.3 is 0 Å². The molecule has 35 heavy (non-hydrogen) atoms. The maximum absolute atomic E-state index is 13.7. The van der Waals surface area contributed by atoms with Crippen molar-refractivity contribution in [1.82, 2.24) is 10.2 Å². The molecule has 3 aromatic carbocycles. The van der Waals surface area contributed by atoms with Gasteiger partial charge in [-0.25, -0.2) is 0 Å². The van der Waals surface area contributed by atoms with Crippen molar-refractivity contribution < 1.29 is 19.1 Å². The topological polar surface area (TPSA) is 67.9 Å². The second-order valence-corrected chi connectivity index (χ2v) is 9.27. The van der Waals surface area contributed by atoms with E-state index in [2.05, 4.69) is 5.32 Å². The molecule has 1 N–H and O–H groups in total. The lowest BCUT2D eigenvalue weighted by molar-refractivity contribution is -0.124. The zero-order valence-corrected chi connectivity index (χ0v) is 20.5. The van der Waals surface area contributed by atoms with E-state index >= 15 is 0 Å². The van der Waals surface area contributed by atoms with Crippen LogP contribution in [0.5, 0.6) is 11.5 Å². The van der Waals surface area contributed by atoms with Crippen LogP contribution in [0.4, 0.5) is 0 Å². The van der Waals surface area contributed by atoms with Gasteiger partial charge in [0, 0.05) is 23.7 Å². The fourth-order valence-electron chi connectivity index (χ4n) is 5.23. The Bertz CT molecular complexity index is 1270. The zero-order valence-electron chi connectivity index (χ0n) is 19.7. The van der Waals surface area contributed by atoms with E-state index in [0.717, 1.165) is 22.3 Å². The first kappa shape index (κ1) is 23.2. The summed E-state index contributed by atoms with van der Waals surface area (Å²) in [5.74, 6) is 0.548. The zero-order chi connectivity index (χ0) is 24.5. The van der Waals surface area contributed by atoms with Crippen LogP contribution in [-0.2, 0) is 17.6 Å². The predicted octanol–water partition coefficient (Wildman–Crippen LogP) is 4.55. The number of ether oxygens (including phenoxy) is 2. The monoisotopic (exact) mass is 490 g/mol. The van der Waals surface area contributed by atoms with E-state index < -0.39 is 12.0 Å². The molecule has 5 rings (SSSR count). The Labute approximate surface area is 209 Å². The van der Waals surface area contributed by atoms with Gasteiger partial charge in [-0.3, -0.25) is 9.59 Å². The molecule has 0 radical (unpaired) electrons. The molecule has 2 heterocycles. The molecule has 6 nitrogen and oxygen atoms in total. The third-order valence-corrected chi connectivity index (χ3v) is 7.19. The molecular weight excluding hydrogens is 464 g/mol. The lowest BCUT2D eigenvalue weighted by atomic mass is 9.75. The summed E-state index contributed by atoms with van der Waals surface area (Å²) >= 11 is 5.99. The summed E-state index contributed by atoms with van der Waals surface area (Å²) in [6, 6.07) is 18.5. The van der Waals surface area contributed by atoms with Crippen molar-refractivity contribution in [2.24, 2.45) is 0 Å². The molecule has 0 unspecified atom stereocenters. The maximum Gasteiger partial charge on any atom is 0.254 e. The van der Waals surface area contributed by atoms with Crippen LogP contribution in [0.2, 0.25) is 5.02 Å². The average molecular weight is 491 g/mol. The fraction of sp³-hybridized carbons (Fsp3) is 0.286. The van der Waals surface area contributed by atoms with Crippen LogP contribution in [-0.4, -0.2) is 44.0 Å². The number of hydrogen-bond acceptors (Lipinski definition) is 4. The van der Waals surface area contributed by atoms with Gasteiger partial charge in [0.1, 0.15) is 0 Å². The first-order valence-corrected chi connectivity index (χ1v) is 12.1. The molecule has 2 aliphatic rings. The highest BCUT2D eigenvalue weighted by Gasteiger charge is 2.46. The molecule has 0 aliphatic carbocycles. The van der Waals surface area contributed by atoms with Crippen molar-refractivity contribution in [2.45, 2.75) is 24.8 Å². The van der Waals surface area contributed by atoms with Gasteiger partial charge in [0.15, 0.2) is 11.5 Å². The molecule has 7 heteroatoms. The molecule has 3 aromatic rings. The first-order valence-electron chi connectivity index (χ1n) is 11.7. The molecule has 2 aliphatic heterocycles. The van der Waals surface area contributed by atoms with Gasteiger partial charge < -0.3 is 19.7 Å². The highest BCUT2D eigenvalue weighted by molar-refractivity contribution is 6.30. The number of nitrogens with one attached hydrogen (secondary N) is 1. The van der Waals surface area contributed by atoms with Crippen molar-refractivity contribution >= 4 is 23.4 Å². The quantitative estimate of drug-likeness (QED) is 0.550. The van der Waals surface area contributed by atoms with Gasteiger partial charge in [0.05, 0.1) is 26.2 Å². The van der Waals surface area contributed by atoms with Gasteiger partial charge in [0.25, 0.3) is 5.91 Å². The van der Waals surface area contributed by atoms with E-state index in [4.69, 9.17) is 21.1 Å². The van der Waals surface area contributed by atoms with Crippen molar-refractivity contribution in [2.75, 3.05) is 27.3 Å². The van der Waals surface area contributed by atoms with E-state index in [0.29, 0.717) is 48.0 Å². The maximum atomic E-state index is 13.7. The van der Waals surface area contributed by atoms with Crippen LogP contribution >= 0.6 is 11.6 Å². The minimum atomic E-state index is -0.536. The molecule has 0 aromatic heterocycles. The van der Waals surface area contributed by atoms with Gasteiger partial charge in [0.2, 0.25) is 5.91 Å². The van der Waals surface area contributed by atoms with E-state index in [1.807, 2.05) is 65.6 Å². The Morgan fingerprint density at radius 3 is 2.49 bits per heavy atom. The molecule has 180 valence electrons. The van der Waals surface area contributed by atoms with E-state index in [9.17, 15) is 9.59 Å². The Balaban J connectivity index is 1.51. The second-order valence-electron chi connectivity index (χ2n) is 8.83. The molecule has 0 saturated carbocycles. The third-order valence-electron chi connectivity index (χ3n) is 6.93. The molecule has 0 fully saturated rings. The summed E-state index contributed by atoms with van der Waals surface area (Å²) in [7, 11) is 3.20. The number of carbonyl (C=O) groups is 2. The number of halogens is 1. The lowest BCUT2D eigenvalue weighted by Gasteiger charge is -2.45. The van der Waals surface area contributed by atoms with Crippen LogP contribution < -0.4 is 14.8 Å². The summed E-state index contributed by atoms with van der Waals surface area (Å²) in [4.78, 5) is 29.0. The van der Waals surface area contributed by atoms with E-state index in [1.54, 1.807) is 14.2 Å². The molecule has 2 atom stereocenters. The molecule has 2 amide bonds. The smallest absolute Gasteiger partial charge is 0.254 e. The second kappa shape index (κ2) is 9.62. The predicted molar refractivity (Wildman–Crippen MR) is 134 cm³/mol. The number of fused-ring (bicyclic) bond motifs is 4. The number of benzene rings is 3. The molecule has 0 bridgehead atoms. The summed E-state index contributed by atoms with van der Waals surface area (Å²) in [5, 5.41) is 3.80. The number of hydrogen-bond donors (Lipinski definition) is 1.